The molecule has 5 nitrogen and oxygen atoms in total. The van der Waals surface area contributed by atoms with Crippen LogP contribution in [0.2, 0.25) is 0 Å². The fraction of sp³-hybridized carbons (Fsp3) is 0.231. The van der Waals surface area contributed by atoms with E-state index in [4.69, 9.17) is 14.5 Å². The molecule has 0 fully saturated rings. The number of thiazole rings is 1. The molecule has 1 amide bonds. The van der Waals surface area contributed by atoms with Crippen LogP contribution >= 0.6 is 11.3 Å². The molecule has 0 unspecified atom stereocenters. The number of para-hydroxylation sites is 1. The van der Waals surface area contributed by atoms with E-state index in [9.17, 15) is 4.79 Å². The third-order valence-electron chi connectivity index (χ3n) is 5.35. The zero-order valence-electron chi connectivity index (χ0n) is 18.7. The molecule has 0 spiro atoms. The van der Waals surface area contributed by atoms with E-state index < -0.39 is 0 Å². The quantitative estimate of drug-likeness (QED) is 0.335. The molecule has 1 aromatic heterocycles. The van der Waals surface area contributed by atoms with E-state index >= 15 is 0 Å². The Labute approximate surface area is 192 Å². The fourth-order valence-electron chi connectivity index (χ4n) is 3.66. The van der Waals surface area contributed by atoms with Crippen LogP contribution in [0.4, 0.5) is 5.13 Å². The third kappa shape index (κ3) is 4.32. The van der Waals surface area contributed by atoms with Crippen molar-refractivity contribution < 1.29 is 14.3 Å². The van der Waals surface area contributed by atoms with Gasteiger partial charge in [-0.2, -0.15) is 0 Å². The molecule has 0 bridgehead atoms. The van der Waals surface area contributed by atoms with Gasteiger partial charge in [-0.15, -0.1) is 0 Å². The maximum Gasteiger partial charge on any atom is 0.260 e. The highest BCUT2D eigenvalue weighted by Crippen LogP contribution is 2.35. The third-order valence-corrected chi connectivity index (χ3v) is 6.39. The summed E-state index contributed by atoms with van der Waals surface area (Å²) in [4.78, 5) is 20.4. The molecule has 0 aliphatic rings. The van der Waals surface area contributed by atoms with Gasteiger partial charge < -0.3 is 9.47 Å². The van der Waals surface area contributed by atoms with Crippen LogP contribution < -0.4 is 14.4 Å². The van der Waals surface area contributed by atoms with Crippen LogP contribution in [-0.4, -0.2) is 25.1 Å². The van der Waals surface area contributed by atoms with Crippen molar-refractivity contribution in [3.63, 3.8) is 0 Å². The molecular weight excluding hydrogens is 420 g/mol. The van der Waals surface area contributed by atoms with Crippen LogP contribution in [0.15, 0.2) is 66.7 Å². The van der Waals surface area contributed by atoms with E-state index in [-0.39, 0.29) is 5.91 Å². The van der Waals surface area contributed by atoms with Gasteiger partial charge in [-0.25, -0.2) is 4.98 Å². The number of aromatic nitrogens is 1. The Balaban J connectivity index is 1.80. The Hall–Kier alpha value is -3.38. The summed E-state index contributed by atoms with van der Waals surface area (Å²) in [5.74, 6) is 1.31. The molecule has 164 valence electrons. The Morgan fingerprint density at radius 2 is 1.72 bits per heavy atom. The van der Waals surface area contributed by atoms with E-state index in [2.05, 4.69) is 32.0 Å². The summed E-state index contributed by atoms with van der Waals surface area (Å²) >= 11 is 1.53. The van der Waals surface area contributed by atoms with Crippen LogP contribution in [-0.2, 0) is 6.54 Å². The Kier molecular flexibility index (Phi) is 6.42. The number of benzene rings is 3. The number of amides is 1. The lowest BCUT2D eigenvalue weighted by molar-refractivity contribution is 0.0984. The van der Waals surface area contributed by atoms with Gasteiger partial charge >= 0.3 is 0 Å². The second-order valence-corrected chi connectivity index (χ2v) is 8.80. The highest BCUT2D eigenvalue weighted by Gasteiger charge is 2.24. The minimum atomic E-state index is -0.139. The summed E-state index contributed by atoms with van der Waals surface area (Å²) in [6, 6.07) is 21.4. The topological polar surface area (TPSA) is 51.7 Å². The highest BCUT2D eigenvalue weighted by atomic mass is 32.1. The second kappa shape index (κ2) is 9.40. The Morgan fingerprint density at radius 3 is 2.41 bits per heavy atom. The molecule has 0 radical (unpaired) electrons. The van der Waals surface area contributed by atoms with Crippen LogP contribution in [0, 0.1) is 0 Å². The van der Waals surface area contributed by atoms with Gasteiger partial charge in [0.05, 0.1) is 31.0 Å². The number of nitrogens with zero attached hydrogens (tertiary/aromatic N) is 2. The molecule has 0 atom stereocenters. The van der Waals surface area contributed by atoms with Gasteiger partial charge in [0.25, 0.3) is 5.91 Å². The maximum absolute atomic E-state index is 13.7. The van der Waals surface area contributed by atoms with Crippen molar-refractivity contribution in [3.8, 4) is 11.5 Å². The second-order valence-electron chi connectivity index (χ2n) is 7.79. The van der Waals surface area contributed by atoms with Crippen molar-refractivity contribution in [2.75, 3.05) is 19.1 Å². The predicted octanol–water partition coefficient (Wildman–Crippen LogP) is 6.28. The monoisotopic (exact) mass is 446 g/mol. The van der Waals surface area contributed by atoms with Crippen molar-refractivity contribution in [3.05, 3.63) is 83.4 Å². The minimum absolute atomic E-state index is 0.139. The first-order valence-electron chi connectivity index (χ1n) is 10.5. The Morgan fingerprint density at radius 1 is 0.969 bits per heavy atom. The van der Waals surface area contributed by atoms with Gasteiger partial charge in [-0.1, -0.05) is 67.6 Å². The molecule has 6 heteroatoms. The molecule has 32 heavy (non-hydrogen) atoms. The SMILES string of the molecule is COc1ccc(C(=O)N(Cc2ccccc2)c2nc3c(C(C)C)cccc3s2)cc1OC. The molecule has 0 aliphatic carbocycles. The summed E-state index contributed by atoms with van der Waals surface area (Å²) in [5.41, 5.74) is 3.69. The number of rotatable bonds is 7. The van der Waals surface area contributed by atoms with Gasteiger partial charge in [-0.3, -0.25) is 9.69 Å². The average molecular weight is 447 g/mol. The van der Waals surface area contributed by atoms with Gasteiger partial charge in [0, 0.05) is 5.56 Å². The van der Waals surface area contributed by atoms with E-state index in [1.807, 2.05) is 30.3 Å². The smallest absolute Gasteiger partial charge is 0.260 e. The summed E-state index contributed by atoms with van der Waals surface area (Å²) in [6.07, 6.45) is 0. The zero-order valence-corrected chi connectivity index (χ0v) is 19.5. The molecule has 0 saturated heterocycles. The summed E-state index contributed by atoms with van der Waals surface area (Å²) < 4.78 is 11.8. The lowest BCUT2D eigenvalue weighted by atomic mass is 10.0. The normalized spacial score (nSPS) is 11.0. The van der Waals surface area contributed by atoms with Crippen molar-refractivity contribution in [1.82, 2.24) is 4.98 Å². The number of carbonyl (C=O) groups is 1. The predicted molar refractivity (Wildman–Crippen MR) is 130 cm³/mol. The number of hydrogen-bond donors (Lipinski definition) is 0. The van der Waals surface area contributed by atoms with Gasteiger partial charge in [0.2, 0.25) is 0 Å². The summed E-state index contributed by atoms with van der Waals surface area (Å²) in [6.45, 7) is 4.74. The number of carbonyl (C=O) groups excluding carboxylic acids is 1. The highest BCUT2D eigenvalue weighted by molar-refractivity contribution is 7.22. The Bertz CT molecular complexity index is 1230. The largest absolute Gasteiger partial charge is 0.493 e. The summed E-state index contributed by atoms with van der Waals surface area (Å²) in [7, 11) is 3.14. The molecule has 3 aromatic carbocycles. The number of anilines is 1. The number of ether oxygens (including phenoxy) is 2. The number of methoxy groups -OCH3 is 2. The van der Waals surface area contributed by atoms with Crippen molar-refractivity contribution >= 4 is 32.6 Å². The molecule has 4 aromatic rings. The average Bonchev–Trinajstić information content (AvgIpc) is 3.26. The standard InChI is InChI=1S/C26H26N2O3S/c1-17(2)20-11-8-12-23-24(20)27-26(32-23)28(16-18-9-6-5-7-10-18)25(29)19-13-14-21(30-3)22(15-19)31-4/h5-15,17H,16H2,1-4H3. The van der Waals surface area contributed by atoms with Gasteiger partial charge in [0.1, 0.15) is 0 Å². The molecule has 4 rings (SSSR count). The van der Waals surface area contributed by atoms with E-state index in [1.54, 1.807) is 37.3 Å². The van der Waals surface area contributed by atoms with Crippen molar-refractivity contribution in [1.29, 1.82) is 0 Å². The maximum atomic E-state index is 13.7. The van der Waals surface area contributed by atoms with E-state index in [1.165, 1.54) is 16.9 Å². The van der Waals surface area contributed by atoms with Crippen LogP contribution in [0.25, 0.3) is 10.2 Å². The molecule has 1 heterocycles. The van der Waals surface area contributed by atoms with Crippen LogP contribution in [0.3, 0.4) is 0 Å². The first kappa shape index (κ1) is 21.8. The van der Waals surface area contributed by atoms with Crippen LogP contribution in [0.5, 0.6) is 11.5 Å². The number of hydrogen-bond acceptors (Lipinski definition) is 5. The van der Waals surface area contributed by atoms with Gasteiger partial charge in [0.15, 0.2) is 16.6 Å². The molecule has 0 aliphatic heterocycles. The first-order valence-corrected chi connectivity index (χ1v) is 11.3. The minimum Gasteiger partial charge on any atom is -0.493 e. The molecular formula is C26H26N2O3S. The molecule has 0 N–H and O–H groups in total. The van der Waals surface area contributed by atoms with Gasteiger partial charge in [-0.05, 0) is 41.3 Å². The van der Waals surface area contributed by atoms with Crippen molar-refractivity contribution in [2.24, 2.45) is 0 Å². The lowest BCUT2D eigenvalue weighted by Gasteiger charge is -2.21. The lowest BCUT2D eigenvalue weighted by Crippen LogP contribution is -2.30. The zero-order chi connectivity index (χ0) is 22.7. The van der Waals surface area contributed by atoms with E-state index in [0.29, 0.717) is 34.7 Å². The molecule has 0 saturated carbocycles. The van der Waals surface area contributed by atoms with E-state index in [0.717, 1.165) is 15.8 Å². The number of fused-ring (bicyclic) bond motifs is 1. The summed E-state index contributed by atoms with van der Waals surface area (Å²) in [5, 5.41) is 0.678. The van der Waals surface area contributed by atoms with Crippen LogP contribution in [0.1, 0.15) is 41.3 Å². The van der Waals surface area contributed by atoms with Crippen molar-refractivity contribution in [2.45, 2.75) is 26.3 Å². The first-order chi connectivity index (χ1) is 15.5. The fourth-order valence-corrected chi connectivity index (χ4v) is 4.65.